The van der Waals surface area contributed by atoms with Crippen LogP contribution in [0.5, 0.6) is 11.5 Å². The predicted molar refractivity (Wildman–Crippen MR) is 111 cm³/mol. The second-order valence-corrected chi connectivity index (χ2v) is 6.67. The molecule has 3 aromatic rings. The molecule has 0 aliphatic carbocycles. The van der Waals surface area contributed by atoms with Crippen molar-refractivity contribution in [3.05, 3.63) is 54.1 Å². The fourth-order valence-corrected chi connectivity index (χ4v) is 3.42. The van der Waals surface area contributed by atoms with Crippen molar-refractivity contribution in [2.45, 2.75) is 0 Å². The number of methoxy groups -OCH3 is 2. The molecular formula is C22H23N3O4. The fraction of sp³-hybridized carbons (Fsp3) is 0.273. The molecule has 7 heteroatoms. The molecule has 0 radical (unpaired) electrons. The van der Waals surface area contributed by atoms with Crippen LogP contribution < -0.4 is 14.8 Å². The minimum atomic E-state index is -0.0118. The summed E-state index contributed by atoms with van der Waals surface area (Å²) in [6.45, 7) is 2.30. The number of hydrogen-bond donors (Lipinski definition) is 1. The van der Waals surface area contributed by atoms with Gasteiger partial charge < -0.3 is 24.4 Å². The minimum absolute atomic E-state index is 0.0118. The highest BCUT2D eigenvalue weighted by Crippen LogP contribution is 2.31. The number of pyridine rings is 1. The minimum Gasteiger partial charge on any atom is -0.493 e. The van der Waals surface area contributed by atoms with Crippen LogP contribution in [0.15, 0.2) is 48.5 Å². The molecular weight excluding hydrogens is 370 g/mol. The smallest absolute Gasteiger partial charge is 0.254 e. The number of aromatic nitrogens is 1. The molecule has 2 heterocycles. The van der Waals surface area contributed by atoms with E-state index in [2.05, 4.69) is 10.3 Å². The number of nitrogens with one attached hydrogen (secondary N) is 1. The van der Waals surface area contributed by atoms with Gasteiger partial charge in [-0.05, 0) is 24.3 Å². The van der Waals surface area contributed by atoms with Gasteiger partial charge in [0.15, 0.2) is 11.5 Å². The van der Waals surface area contributed by atoms with E-state index in [-0.39, 0.29) is 5.91 Å². The maximum Gasteiger partial charge on any atom is 0.254 e. The SMILES string of the molecule is COc1ccc(Nc2cc(C(=O)N3CCOCC3)c3ccccc3n2)cc1OC. The first-order chi connectivity index (χ1) is 14.2. The largest absolute Gasteiger partial charge is 0.493 e. The average Bonchev–Trinajstić information content (AvgIpc) is 2.78. The molecule has 150 valence electrons. The molecule has 7 nitrogen and oxygen atoms in total. The Labute approximate surface area is 169 Å². The third-order valence-electron chi connectivity index (χ3n) is 4.90. The zero-order chi connectivity index (χ0) is 20.2. The van der Waals surface area contributed by atoms with Crippen LogP contribution in [-0.2, 0) is 4.74 Å². The van der Waals surface area contributed by atoms with Gasteiger partial charge in [0.1, 0.15) is 5.82 Å². The van der Waals surface area contributed by atoms with Crippen molar-refractivity contribution in [1.29, 1.82) is 0 Å². The van der Waals surface area contributed by atoms with Crippen LogP contribution in [0.4, 0.5) is 11.5 Å². The lowest BCUT2D eigenvalue weighted by molar-refractivity contribution is 0.0304. The number of anilines is 2. The van der Waals surface area contributed by atoms with E-state index in [4.69, 9.17) is 14.2 Å². The van der Waals surface area contributed by atoms with Gasteiger partial charge in [0.05, 0.1) is 38.5 Å². The van der Waals surface area contributed by atoms with Crippen LogP contribution in [0.3, 0.4) is 0 Å². The number of fused-ring (bicyclic) bond motifs is 1. The highest BCUT2D eigenvalue weighted by atomic mass is 16.5. The number of para-hydroxylation sites is 1. The molecule has 1 aliphatic rings. The summed E-state index contributed by atoms with van der Waals surface area (Å²) in [5, 5.41) is 4.11. The first-order valence-electron chi connectivity index (χ1n) is 9.45. The van der Waals surface area contributed by atoms with Gasteiger partial charge in [-0.15, -0.1) is 0 Å². The first-order valence-corrected chi connectivity index (χ1v) is 9.45. The molecule has 1 fully saturated rings. The number of ether oxygens (including phenoxy) is 3. The molecule has 0 saturated carbocycles. The molecule has 1 saturated heterocycles. The van der Waals surface area contributed by atoms with Crippen LogP contribution in [0, 0.1) is 0 Å². The van der Waals surface area contributed by atoms with E-state index >= 15 is 0 Å². The number of benzene rings is 2. The molecule has 0 unspecified atom stereocenters. The Morgan fingerprint density at radius 1 is 1.03 bits per heavy atom. The lowest BCUT2D eigenvalue weighted by Crippen LogP contribution is -2.40. The summed E-state index contributed by atoms with van der Waals surface area (Å²) in [6.07, 6.45) is 0. The predicted octanol–water partition coefficient (Wildman–Crippen LogP) is 3.47. The summed E-state index contributed by atoms with van der Waals surface area (Å²) in [7, 11) is 3.19. The monoisotopic (exact) mass is 393 g/mol. The maximum absolute atomic E-state index is 13.2. The molecule has 1 amide bonds. The number of rotatable bonds is 5. The maximum atomic E-state index is 13.2. The lowest BCUT2D eigenvalue weighted by Gasteiger charge is -2.27. The van der Waals surface area contributed by atoms with E-state index in [0.717, 1.165) is 16.6 Å². The Kier molecular flexibility index (Phi) is 5.48. The highest BCUT2D eigenvalue weighted by molar-refractivity contribution is 6.07. The molecule has 1 aromatic heterocycles. The van der Waals surface area contributed by atoms with E-state index in [0.29, 0.717) is 49.2 Å². The number of hydrogen-bond acceptors (Lipinski definition) is 6. The number of amides is 1. The van der Waals surface area contributed by atoms with Gasteiger partial charge in [-0.1, -0.05) is 18.2 Å². The quantitative estimate of drug-likeness (QED) is 0.716. The van der Waals surface area contributed by atoms with Crippen LogP contribution in [0.25, 0.3) is 10.9 Å². The summed E-state index contributed by atoms with van der Waals surface area (Å²) in [5.41, 5.74) is 2.17. The van der Waals surface area contributed by atoms with Gasteiger partial charge >= 0.3 is 0 Å². The van der Waals surface area contributed by atoms with Crippen molar-refractivity contribution in [3.63, 3.8) is 0 Å². The summed E-state index contributed by atoms with van der Waals surface area (Å²) in [5.74, 6) is 1.84. The molecule has 1 N–H and O–H groups in total. The zero-order valence-electron chi connectivity index (χ0n) is 16.5. The fourth-order valence-electron chi connectivity index (χ4n) is 3.42. The molecule has 0 bridgehead atoms. The summed E-state index contributed by atoms with van der Waals surface area (Å²) in [6, 6.07) is 15.0. The summed E-state index contributed by atoms with van der Waals surface area (Å²) >= 11 is 0. The van der Waals surface area contributed by atoms with Gasteiger partial charge in [0, 0.05) is 30.2 Å². The summed E-state index contributed by atoms with van der Waals surface area (Å²) < 4.78 is 16.0. The Morgan fingerprint density at radius 3 is 2.55 bits per heavy atom. The number of carbonyl (C=O) groups excluding carboxylic acids is 1. The van der Waals surface area contributed by atoms with E-state index in [9.17, 15) is 4.79 Å². The Hall–Kier alpha value is -3.32. The van der Waals surface area contributed by atoms with Gasteiger partial charge in [-0.25, -0.2) is 4.98 Å². The van der Waals surface area contributed by atoms with E-state index in [1.165, 1.54) is 0 Å². The average molecular weight is 393 g/mol. The Balaban J connectivity index is 1.71. The second-order valence-electron chi connectivity index (χ2n) is 6.67. The Bertz CT molecular complexity index is 1030. The van der Waals surface area contributed by atoms with E-state index < -0.39 is 0 Å². The van der Waals surface area contributed by atoms with Crippen molar-refractivity contribution in [1.82, 2.24) is 9.88 Å². The number of nitrogens with zero attached hydrogens (tertiary/aromatic N) is 2. The summed E-state index contributed by atoms with van der Waals surface area (Å²) in [4.78, 5) is 19.7. The Morgan fingerprint density at radius 2 is 1.79 bits per heavy atom. The van der Waals surface area contributed by atoms with Gasteiger partial charge in [-0.3, -0.25) is 4.79 Å². The highest BCUT2D eigenvalue weighted by Gasteiger charge is 2.21. The first kappa shape index (κ1) is 19.0. The van der Waals surface area contributed by atoms with Gasteiger partial charge in [-0.2, -0.15) is 0 Å². The topological polar surface area (TPSA) is 72.9 Å². The van der Waals surface area contributed by atoms with Crippen molar-refractivity contribution in [2.24, 2.45) is 0 Å². The second kappa shape index (κ2) is 8.36. The van der Waals surface area contributed by atoms with E-state index in [1.54, 1.807) is 20.3 Å². The normalized spacial score (nSPS) is 13.9. The van der Waals surface area contributed by atoms with Gasteiger partial charge in [0.2, 0.25) is 0 Å². The molecule has 2 aromatic carbocycles. The van der Waals surface area contributed by atoms with Crippen LogP contribution in [0.2, 0.25) is 0 Å². The standard InChI is InChI=1S/C22H23N3O4/c1-27-19-8-7-15(13-20(19)28-2)23-21-14-17(16-5-3-4-6-18(16)24-21)22(26)25-9-11-29-12-10-25/h3-8,13-14H,9-12H2,1-2H3,(H,23,24). The van der Waals surface area contributed by atoms with E-state index in [1.807, 2.05) is 47.4 Å². The lowest BCUT2D eigenvalue weighted by atomic mass is 10.1. The molecule has 0 atom stereocenters. The van der Waals surface area contributed by atoms with Crippen molar-refractivity contribution < 1.29 is 19.0 Å². The number of morpholine rings is 1. The molecule has 29 heavy (non-hydrogen) atoms. The van der Waals surface area contributed by atoms with Crippen LogP contribution in [-0.4, -0.2) is 56.3 Å². The third-order valence-corrected chi connectivity index (χ3v) is 4.90. The van der Waals surface area contributed by atoms with Crippen molar-refractivity contribution in [2.75, 3.05) is 45.8 Å². The number of carbonyl (C=O) groups is 1. The van der Waals surface area contributed by atoms with Gasteiger partial charge in [0.25, 0.3) is 5.91 Å². The van der Waals surface area contributed by atoms with Crippen LogP contribution >= 0.6 is 0 Å². The molecule has 0 spiro atoms. The zero-order valence-corrected chi connectivity index (χ0v) is 16.5. The molecule has 4 rings (SSSR count). The molecule has 1 aliphatic heterocycles. The third kappa shape index (κ3) is 3.95. The van der Waals surface area contributed by atoms with Crippen LogP contribution in [0.1, 0.15) is 10.4 Å². The van der Waals surface area contributed by atoms with Crippen molar-refractivity contribution >= 4 is 28.3 Å². The van der Waals surface area contributed by atoms with Crippen molar-refractivity contribution in [3.8, 4) is 11.5 Å².